The average molecular weight is 303 g/mol. The number of carbonyl (C=O) groups is 1. The smallest absolute Gasteiger partial charge is 0.319 e. The molecule has 2 N–H and O–H groups in total. The van der Waals surface area contributed by atoms with E-state index >= 15 is 0 Å². The zero-order valence-electron chi connectivity index (χ0n) is 12.6. The number of hydrogen-bond donors (Lipinski definition) is 2. The number of amides is 2. The van der Waals surface area contributed by atoms with E-state index in [2.05, 4.69) is 15.6 Å². The van der Waals surface area contributed by atoms with Crippen molar-refractivity contribution in [2.75, 3.05) is 5.32 Å². The van der Waals surface area contributed by atoms with Crippen molar-refractivity contribution in [2.24, 2.45) is 0 Å². The molecule has 0 saturated heterocycles. The summed E-state index contributed by atoms with van der Waals surface area (Å²) in [4.78, 5) is 16.2. The molecule has 0 unspecified atom stereocenters. The molecule has 114 valence electrons. The molecular weight excluding hydrogens is 286 g/mol. The normalized spacial score (nSPS) is 10.1. The number of carbonyl (C=O) groups excluding carboxylic acids is 1. The first kappa shape index (κ1) is 14.8. The molecule has 1 heterocycles. The van der Waals surface area contributed by atoms with Crippen LogP contribution >= 0.6 is 0 Å². The standard InChI is InChI=1S/C19H17N3O/c23-19(22-17-9-2-1-3-10-17)21-14-16-7-4-5-11-18(16)15-8-6-12-20-13-15/h1-13H,14H2,(H2,21,22,23). The van der Waals surface area contributed by atoms with E-state index in [1.165, 1.54) is 0 Å². The summed E-state index contributed by atoms with van der Waals surface area (Å²) in [6, 6.07) is 21.0. The quantitative estimate of drug-likeness (QED) is 0.763. The Morgan fingerprint density at radius 1 is 0.913 bits per heavy atom. The van der Waals surface area contributed by atoms with Crippen LogP contribution in [-0.2, 0) is 6.54 Å². The maximum atomic E-state index is 12.0. The number of nitrogens with one attached hydrogen (secondary N) is 2. The van der Waals surface area contributed by atoms with E-state index in [4.69, 9.17) is 0 Å². The van der Waals surface area contributed by atoms with Gasteiger partial charge in [0.15, 0.2) is 0 Å². The first-order chi connectivity index (χ1) is 11.3. The van der Waals surface area contributed by atoms with E-state index in [1.54, 1.807) is 6.20 Å². The molecule has 4 heteroatoms. The molecule has 0 saturated carbocycles. The summed E-state index contributed by atoms with van der Waals surface area (Å²) in [6.45, 7) is 0.448. The summed E-state index contributed by atoms with van der Waals surface area (Å²) >= 11 is 0. The zero-order valence-corrected chi connectivity index (χ0v) is 12.6. The minimum atomic E-state index is -0.225. The molecule has 0 spiro atoms. The van der Waals surface area contributed by atoms with Crippen molar-refractivity contribution in [3.63, 3.8) is 0 Å². The largest absolute Gasteiger partial charge is 0.334 e. The molecule has 4 nitrogen and oxygen atoms in total. The van der Waals surface area contributed by atoms with Crippen LogP contribution in [0.2, 0.25) is 0 Å². The SMILES string of the molecule is O=C(NCc1ccccc1-c1cccnc1)Nc1ccccc1. The highest BCUT2D eigenvalue weighted by Crippen LogP contribution is 2.22. The third kappa shape index (κ3) is 3.95. The molecule has 3 aromatic rings. The van der Waals surface area contributed by atoms with Crippen LogP contribution in [-0.4, -0.2) is 11.0 Å². The fourth-order valence-corrected chi connectivity index (χ4v) is 2.35. The first-order valence-electron chi connectivity index (χ1n) is 7.41. The third-order valence-corrected chi connectivity index (χ3v) is 3.46. The highest BCUT2D eigenvalue weighted by Gasteiger charge is 2.06. The number of nitrogens with zero attached hydrogens (tertiary/aromatic N) is 1. The molecule has 0 fully saturated rings. The summed E-state index contributed by atoms with van der Waals surface area (Å²) in [6.07, 6.45) is 3.57. The Morgan fingerprint density at radius 2 is 1.70 bits per heavy atom. The Hall–Kier alpha value is -3.14. The van der Waals surface area contributed by atoms with Gasteiger partial charge in [0.05, 0.1) is 0 Å². The summed E-state index contributed by atoms with van der Waals surface area (Å²) in [5, 5.41) is 5.70. The minimum absolute atomic E-state index is 0.225. The molecule has 1 aromatic heterocycles. The van der Waals surface area contributed by atoms with E-state index in [0.29, 0.717) is 6.54 Å². The average Bonchev–Trinajstić information content (AvgIpc) is 2.62. The van der Waals surface area contributed by atoms with Crippen molar-refractivity contribution in [1.82, 2.24) is 10.3 Å². The van der Waals surface area contributed by atoms with Crippen LogP contribution in [0.25, 0.3) is 11.1 Å². The van der Waals surface area contributed by atoms with Crippen LogP contribution in [0.1, 0.15) is 5.56 Å². The second-order valence-electron chi connectivity index (χ2n) is 5.07. The molecule has 3 rings (SSSR count). The highest BCUT2D eigenvalue weighted by molar-refractivity contribution is 5.89. The molecule has 0 radical (unpaired) electrons. The van der Waals surface area contributed by atoms with Gasteiger partial charge in [0.2, 0.25) is 0 Å². The van der Waals surface area contributed by atoms with Gasteiger partial charge in [-0.25, -0.2) is 4.79 Å². The molecule has 2 aromatic carbocycles. The van der Waals surface area contributed by atoms with Gasteiger partial charge in [-0.3, -0.25) is 4.98 Å². The number of anilines is 1. The molecule has 2 amide bonds. The van der Waals surface area contributed by atoms with Gasteiger partial charge >= 0.3 is 6.03 Å². The lowest BCUT2D eigenvalue weighted by Gasteiger charge is -2.11. The van der Waals surface area contributed by atoms with Crippen LogP contribution in [0.3, 0.4) is 0 Å². The maximum Gasteiger partial charge on any atom is 0.319 e. The van der Waals surface area contributed by atoms with E-state index in [9.17, 15) is 4.79 Å². The number of pyridine rings is 1. The van der Waals surface area contributed by atoms with Gasteiger partial charge < -0.3 is 10.6 Å². The molecule has 0 aliphatic carbocycles. The van der Waals surface area contributed by atoms with Gasteiger partial charge in [-0.1, -0.05) is 48.5 Å². The van der Waals surface area contributed by atoms with Crippen molar-refractivity contribution in [3.05, 3.63) is 84.7 Å². The number of urea groups is 1. The lowest BCUT2D eigenvalue weighted by molar-refractivity contribution is 0.252. The van der Waals surface area contributed by atoms with Crippen molar-refractivity contribution < 1.29 is 4.79 Å². The summed E-state index contributed by atoms with van der Waals surface area (Å²) in [5.74, 6) is 0. The lowest BCUT2D eigenvalue weighted by Crippen LogP contribution is -2.28. The second-order valence-corrected chi connectivity index (χ2v) is 5.07. The number of aromatic nitrogens is 1. The van der Waals surface area contributed by atoms with Crippen molar-refractivity contribution >= 4 is 11.7 Å². The number of para-hydroxylation sites is 1. The topological polar surface area (TPSA) is 54.0 Å². The monoisotopic (exact) mass is 303 g/mol. The van der Waals surface area contributed by atoms with E-state index in [1.807, 2.05) is 72.9 Å². The van der Waals surface area contributed by atoms with E-state index in [0.717, 1.165) is 22.4 Å². The molecule has 0 atom stereocenters. The lowest BCUT2D eigenvalue weighted by atomic mass is 10.0. The molecule has 0 bridgehead atoms. The Morgan fingerprint density at radius 3 is 2.48 bits per heavy atom. The van der Waals surface area contributed by atoms with Crippen LogP contribution in [0.4, 0.5) is 10.5 Å². The predicted octanol–water partition coefficient (Wildman–Crippen LogP) is 4.07. The van der Waals surface area contributed by atoms with Gasteiger partial charge in [0.25, 0.3) is 0 Å². The third-order valence-electron chi connectivity index (χ3n) is 3.46. The van der Waals surface area contributed by atoms with Crippen molar-refractivity contribution in [1.29, 1.82) is 0 Å². The Kier molecular flexibility index (Phi) is 4.64. The minimum Gasteiger partial charge on any atom is -0.334 e. The zero-order chi connectivity index (χ0) is 15.9. The number of rotatable bonds is 4. The first-order valence-corrected chi connectivity index (χ1v) is 7.41. The van der Waals surface area contributed by atoms with Crippen LogP contribution in [0.5, 0.6) is 0 Å². The summed E-state index contributed by atoms with van der Waals surface area (Å²) in [5.41, 5.74) is 3.92. The Labute approximate surface area is 135 Å². The van der Waals surface area contributed by atoms with Crippen molar-refractivity contribution in [3.8, 4) is 11.1 Å². The fourth-order valence-electron chi connectivity index (χ4n) is 2.35. The van der Waals surface area contributed by atoms with Crippen LogP contribution in [0.15, 0.2) is 79.1 Å². The van der Waals surface area contributed by atoms with E-state index < -0.39 is 0 Å². The van der Waals surface area contributed by atoms with Gasteiger partial charge in [0.1, 0.15) is 0 Å². The van der Waals surface area contributed by atoms with E-state index in [-0.39, 0.29) is 6.03 Å². The Bertz CT molecular complexity index is 773. The molecule has 0 aliphatic rings. The molecule has 0 aliphatic heterocycles. The second kappa shape index (κ2) is 7.22. The highest BCUT2D eigenvalue weighted by atomic mass is 16.2. The van der Waals surface area contributed by atoms with Crippen molar-refractivity contribution in [2.45, 2.75) is 6.54 Å². The molecule has 23 heavy (non-hydrogen) atoms. The number of hydrogen-bond acceptors (Lipinski definition) is 2. The van der Waals surface area contributed by atoms with Gasteiger partial charge in [-0.15, -0.1) is 0 Å². The fraction of sp³-hybridized carbons (Fsp3) is 0.0526. The number of benzene rings is 2. The van der Waals surface area contributed by atoms with Crippen LogP contribution in [0, 0.1) is 0 Å². The predicted molar refractivity (Wildman–Crippen MR) is 92.0 cm³/mol. The Balaban J connectivity index is 1.68. The maximum absolute atomic E-state index is 12.0. The van der Waals surface area contributed by atoms with Crippen LogP contribution < -0.4 is 10.6 Å². The van der Waals surface area contributed by atoms with Gasteiger partial charge in [-0.2, -0.15) is 0 Å². The van der Waals surface area contributed by atoms with Gasteiger partial charge in [-0.05, 0) is 29.3 Å². The summed E-state index contributed by atoms with van der Waals surface area (Å²) in [7, 11) is 0. The van der Waals surface area contributed by atoms with Gasteiger partial charge in [0, 0.05) is 30.2 Å². The molecular formula is C19H17N3O. The summed E-state index contributed by atoms with van der Waals surface area (Å²) < 4.78 is 0.